The van der Waals surface area contributed by atoms with Gasteiger partial charge in [-0.05, 0) is 18.2 Å². The van der Waals surface area contributed by atoms with Gasteiger partial charge >= 0.3 is 11.9 Å². The summed E-state index contributed by atoms with van der Waals surface area (Å²) < 4.78 is 4.99. The molecule has 0 heterocycles. The van der Waals surface area contributed by atoms with Crippen molar-refractivity contribution in [1.82, 2.24) is 4.90 Å². The largest absolute Gasteiger partial charge is 0.508 e. The van der Waals surface area contributed by atoms with Crippen molar-refractivity contribution < 1.29 is 29.6 Å². The summed E-state index contributed by atoms with van der Waals surface area (Å²) in [5.74, 6) is -1.81. The Labute approximate surface area is 121 Å². The number of aliphatic carboxylic acids is 2. The zero-order valence-electron chi connectivity index (χ0n) is 10.8. The highest BCUT2D eigenvalue weighted by atomic mass is 35.5. The molecule has 0 bridgehead atoms. The Hall–Kier alpha value is -1.99. The minimum Gasteiger partial charge on any atom is -0.508 e. The molecule has 0 saturated carbocycles. The highest BCUT2D eigenvalue weighted by Gasteiger charge is 2.16. The smallest absolute Gasteiger partial charge is 0.317 e. The zero-order chi connectivity index (χ0) is 14.4. The number of carbonyl (C=O) groups is 2. The number of halogens is 1. The van der Waals surface area contributed by atoms with Gasteiger partial charge in [0.1, 0.15) is 11.5 Å². The number of methoxy groups -OCH3 is 1. The molecule has 1 rings (SSSR count). The van der Waals surface area contributed by atoms with E-state index in [0.29, 0.717) is 11.3 Å². The maximum atomic E-state index is 10.7. The molecule has 0 aliphatic rings. The third-order valence-corrected chi connectivity index (χ3v) is 2.40. The van der Waals surface area contributed by atoms with Gasteiger partial charge in [-0.1, -0.05) is 0 Å². The van der Waals surface area contributed by atoms with Crippen LogP contribution >= 0.6 is 12.4 Å². The average Bonchev–Trinajstić information content (AvgIpc) is 2.30. The van der Waals surface area contributed by atoms with Gasteiger partial charge in [-0.3, -0.25) is 14.5 Å². The van der Waals surface area contributed by atoms with Gasteiger partial charge in [0.05, 0.1) is 20.2 Å². The molecule has 0 amide bonds. The van der Waals surface area contributed by atoms with E-state index in [1.54, 1.807) is 6.07 Å². The fourth-order valence-corrected chi connectivity index (χ4v) is 1.61. The number of ether oxygens (including phenoxy) is 1. The van der Waals surface area contributed by atoms with Crippen molar-refractivity contribution in [3.05, 3.63) is 23.8 Å². The van der Waals surface area contributed by atoms with E-state index in [9.17, 15) is 14.7 Å². The lowest BCUT2D eigenvalue weighted by Crippen LogP contribution is -2.34. The summed E-state index contributed by atoms with van der Waals surface area (Å²) in [5, 5.41) is 27.1. The van der Waals surface area contributed by atoms with Gasteiger partial charge in [0, 0.05) is 12.1 Å². The van der Waals surface area contributed by atoms with Crippen LogP contribution in [0.4, 0.5) is 0 Å². The second-order valence-electron chi connectivity index (χ2n) is 3.93. The third-order valence-electron chi connectivity index (χ3n) is 2.40. The monoisotopic (exact) mass is 305 g/mol. The van der Waals surface area contributed by atoms with Gasteiger partial charge in [-0.2, -0.15) is 0 Å². The lowest BCUT2D eigenvalue weighted by Gasteiger charge is -2.18. The number of hydrogen-bond acceptors (Lipinski definition) is 5. The molecule has 0 aliphatic heterocycles. The van der Waals surface area contributed by atoms with Crippen LogP contribution in [0.3, 0.4) is 0 Å². The Morgan fingerprint density at radius 3 is 2.20 bits per heavy atom. The Kier molecular flexibility index (Phi) is 7.42. The van der Waals surface area contributed by atoms with Crippen LogP contribution in [-0.4, -0.2) is 52.4 Å². The Morgan fingerprint density at radius 1 is 1.20 bits per heavy atom. The van der Waals surface area contributed by atoms with Crippen molar-refractivity contribution in [1.29, 1.82) is 0 Å². The van der Waals surface area contributed by atoms with Crippen LogP contribution in [0.25, 0.3) is 0 Å². The van der Waals surface area contributed by atoms with E-state index in [1.807, 2.05) is 0 Å². The number of benzene rings is 1. The van der Waals surface area contributed by atoms with Gasteiger partial charge in [-0.15, -0.1) is 12.4 Å². The first-order valence-electron chi connectivity index (χ1n) is 5.44. The first-order chi connectivity index (χ1) is 8.92. The number of rotatable bonds is 7. The SMILES string of the molecule is COc1ccc(O)c(CN(CC(=O)O)CC(=O)O)c1.Cl. The quantitative estimate of drug-likeness (QED) is 0.683. The lowest BCUT2D eigenvalue weighted by molar-refractivity contribution is -0.142. The summed E-state index contributed by atoms with van der Waals surface area (Å²) in [7, 11) is 1.46. The number of carboxylic acid groups (broad SMARTS) is 2. The van der Waals surface area contributed by atoms with Gasteiger partial charge in [0.25, 0.3) is 0 Å². The maximum Gasteiger partial charge on any atom is 0.317 e. The molecule has 0 saturated heterocycles. The molecule has 0 spiro atoms. The van der Waals surface area contributed by atoms with Gasteiger partial charge in [0.2, 0.25) is 0 Å². The predicted octanol–water partition coefficient (Wildman–Crippen LogP) is 0.794. The van der Waals surface area contributed by atoms with Gasteiger partial charge in [0.15, 0.2) is 0 Å². The number of hydrogen-bond donors (Lipinski definition) is 3. The van der Waals surface area contributed by atoms with Crippen molar-refractivity contribution in [3.63, 3.8) is 0 Å². The van der Waals surface area contributed by atoms with Gasteiger partial charge in [-0.25, -0.2) is 0 Å². The van der Waals surface area contributed by atoms with Crippen molar-refractivity contribution >= 4 is 24.3 Å². The fourth-order valence-electron chi connectivity index (χ4n) is 1.61. The Bertz CT molecular complexity index is 463. The summed E-state index contributed by atoms with van der Waals surface area (Å²) >= 11 is 0. The normalized spacial score (nSPS) is 9.90. The van der Waals surface area contributed by atoms with Crippen LogP contribution in [0, 0.1) is 0 Å². The Morgan fingerprint density at radius 2 is 1.75 bits per heavy atom. The van der Waals surface area contributed by atoms with E-state index < -0.39 is 25.0 Å². The molecule has 1 aromatic rings. The number of phenols is 1. The minimum atomic E-state index is -1.14. The molecule has 0 radical (unpaired) electrons. The first-order valence-corrected chi connectivity index (χ1v) is 5.44. The maximum absolute atomic E-state index is 10.7. The summed E-state index contributed by atoms with van der Waals surface area (Å²) in [6.07, 6.45) is 0. The van der Waals surface area contributed by atoms with Crippen molar-refractivity contribution in [3.8, 4) is 11.5 Å². The molecule has 1 aromatic carbocycles. The molecule has 3 N–H and O–H groups in total. The predicted molar refractivity (Wildman–Crippen MR) is 72.5 cm³/mol. The van der Waals surface area contributed by atoms with Crippen molar-refractivity contribution in [2.24, 2.45) is 0 Å². The second-order valence-corrected chi connectivity index (χ2v) is 3.93. The van der Waals surface area contributed by atoms with Crippen LogP contribution in [0.15, 0.2) is 18.2 Å². The summed E-state index contributed by atoms with van der Waals surface area (Å²) in [6.45, 7) is -0.854. The van der Waals surface area contributed by atoms with Crippen LogP contribution in [-0.2, 0) is 16.1 Å². The molecular formula is C12H16ClNO6. The van der Waals surface area contributed by atoms with E-state index >= 15 is 0 Å². The average molecular weight is 306 g/mol. The molecule has 0 fully saturated rings. The van der Waals surface area contributed by atoms with E-state index in [1.165, 1.54) is 24.1 Å². The van der Waals surface area contributed by atoms with Crippen LogP contribution < -0.4 is 4.74 Å². The molecule has 0 unspecified atom stereocenters. The van der Waals surface area contributed by atoms with E-state index in [-0.39, 0.29) is 24.7 Å². The number of nitrogens with zero attached hydrogens (tertiary/aromatic N) is 1. The van der Waals surface area contributed by atoms with Crippen LogP contribution in [0.2, 0.25) is 0 Å². The van der Waals surface area contributed by atoms with Crippen LogP contribution in [0.1, 0.15) is 5.56 Å². The van der Waals surface area contributed by atoms with Crippen molar-refractivity contribution in [2.75, 3.05) is 20.2 Å². The third kappa shape index (κ3) is 5.77. The standard InChI is InChI=1S/C12H15NO6.ClH/c1-19-9-2-3-10(14)8(4-9)5-13(6-11(15)16)7-12(17)18;/h2-4,14H,5-7H2,1H3,(H,15,16)(H,17,18);1H. The molecular weight excluding hydrogens is 290 g/mol. The lowest BCUT2D eigenvalue weighted by atomic mass is 10.1. The molecule has 7 nitrogen and oxygen atoms in total. The molecule has 20 heavy (non-hydrogen) atoms. The summed E-state index contributed by atoms with van der Waals surface area (Å²) in [5.41, 5.74) is 0.404. The van der Waals surface area contributed by atoms with Crippen LogP contribution in [0.5, 0.6) is 11.5 Å². The zero-order valence-corrected chi connectivity index (χ0v) is 11.6. The van der Waals surface area contributed by atoms with Crippen molar-refractivity contribution in [2.45, 2.75) is 6.54 Å². The number of phenolic OH excluding ortho intramolecular Hbond substituents is 1. The molecule has 112 valence electrons. The number of aromatic hydroxyl groups is 1. The summed E-state index contributed by atoms with van der Waals surface area (Å²) in [4.78, 5) is 22.5. The second kappa shape index (κ2) is 8.23. The molecule has 0 atom stereocenters. The molecule has 0 aliphatic carbocycles. The minimum absolute atomic E-state index is 0. The highest BCUT2D eigenvalue weighted by molar-refractivity contribution is 5.85. The summed E-state index contributed by atoms with van der Waals surface area (Å²) in [6, 6.07) is 4.50. The molecule has 0 aromatic heterocycles. The van der Waals surface area contributed by atoms with Gasteiger partial charge < -0.3 is 20.1 Å². The first kappa shape index (κ1) is 18.0. The Balaban J connectivity index is 0.00000361. The van der Waals surface area contributed by atoms with E-state index in [0.717, 1.165) is 0 Å². The fraction of sp³-hybridized carbons (Fsp3) is 0.333. The number of carboxylic acids is 2. The van der Waals surface area contributed by atoms with E-state index in [4.69, 9.17) is 14.9 Å². The highest BCUT2D eigenvalue weighted by Crippen LogP contribution is 2.24. The topological polar surface area (TPSA) is 107 Å². The molecule has 8 heteroatoms. The van der Waals surface area contributed by atoms with E-state index in [2.05, 4.69) is 0 Å².